The molecule has 0 fully saturated rings. The molecule has 0 unspecified atom stereocenters. The highest BCUT2D eigenvalue weighted by atomic mass is 16.5. The van der Waals surface area contributed by atoms with Crippen molar-refractivity contribution in [2.24, 2.45) is 0 Å². The Kier molecular flexibility index (Phi) is 3.99. The summed E-state index contributed by atoms with van der Waals surface area (Å²) in [5.41, 5.74) is 7.49. The van der Waals surface area contributed by atoms with Gasteiger partial charge in [-0.25, -0.2) is 4.98 Å². The first kappa shape index (κ1) is 12.6. The molecule has 0 atom stereocenters. The molecule has 1 aromatic heterocycles. The maximum atomic E-state index is 5.75. The maximum absolute atomic E-state index is 5.75. The quantitative estimate of drug-likeness (QED) is 0.648. The van der Waals surface area contributed by atoms with Crippen LogP contribution in [0.1, 0.15) is 6.42 Å². The topological polar surface area (TPSA) is 51.4 Å². The van der Waals surface area contributed by atoms with Gasteiger partial charge in [0.1, 0.15) is 5.82 Å². The van der Waals surface area contributed by atoms with E-state index in [0.29, 0.717) is 0 Å². The molecule has 0 aliphatic carbocycles. The van der Waals surface area contributed by atoms with E-state index in [1.807, 2.05) is 31.3 Å². The molecule has 2 rings (SSSR count). The van der Waals surface area contributed by atoms with Gasteiger partial charge < -0.3 is 15.4 Å². The van der Waals surface area contributed by atoms with Crippen LogP contribution in [-0.2, 0) is 4.74 Å². The average Bonchev–Trinajstić information content (AvgIpc) is 2.38. The fraction of sp³-hybridized carbons (Fsp3) is 0.357. The van der Waals surface area contributed by atoms with Crippen molar-refractivity contribution in [3.63, 3.8) is 0 Å². The molecule has 1 aromatic carbocycles. The van der Waals surface area contributed by atoms with Crippen molar-refractivity contribution in [2.75, 3.05) is 37.9 Å². The standard InChI is InChI=1S/C14H19N3O/c1-17(8-3-9-18-2)14-7-4-11-10-12(15)5-6-13(11)16-14/h4-7,10H,3,8-9,15H2,1-2H3. The minimum atomic E-state index is 0.769. The smallest absolute Gasteiger partial charge is 0.128 e. The van der Waals surface area contributed by atoms with Crippen LogP contribution in [0, 0.1) is 0 Å². The monoisotopic (exact) mass is 245 g/mol. The van der Waals surface area contributed by atoms with E-state index in [4.69, 9.17) is 10.5 Å². The second kappa shape index (κ2) is 5.69. The van der Waals surface area contributed by atoms with Gasteiger partial charge in [-0.2, -0.15) is 0 Å². The summed E-state index contributed by atoms with van der Waals surface area (Å²) in [6.45, 7) is 1.70. The van der Waals surface area contributed by atoms with E-state index in [9.17, 15) is 0 Å². The molecule has 0 amide bonds. The molecule has 2 N–H and O–H groups in total. The first-order chi connectivity index (χ1) is 8.70. The van der Waals surface area contributed by atoms with Crippen molar-refractivity contribution < 1.29 is 4.74 Å². The number of fused-ring (bicyclic) bond motifs is 1. The third-order valence-corrected chi connectivity index (χ3v) is 2.93. The molecule has 1 heterocycles. The Morgan fingerprint density at radius 2 is 2.11 bits per heavy atom. The van der Waals surface area contributed by atoms with Gasteiger partial charge in [0, 0.05) is 38.4 Å². The lowest BCUT2D eigenvalue weighted by Crippen LogP contribution is -2.20. The molecular weight excluding hydrogens is 226 g/mol. The summed E-state index contributed by atoms with van der Waals surface area (Å²) in [6.07, 6.45) is 0.994. The predicted octanol–water partition coefficient (Wildman–Crippen LogP) is 2.29. The largest absolute Gasteiger partial charge is 0.399 e. The zero-order valence-electron chi connectivity index (χ0n) is 10.9. The number of anilines is 2. The molecule has 96 valence electrons. The number of hydrogen-bond acceptors (Lipinski definition) is 4. The Hall–Kier alpha value is -1.81. The van der Waals surface area contributed by atoms with Gasteiger partial charge >= 0.3 is 0 Å². The molecule has 4 heteroatoms. The van der Waals surface area contributed by atoms with Crippen molar-refractivity contribution in [3.8, 4) is 0 Å². The molecule has 4 nitrogen and oxygen atoms in total. The Balaban J connectivity index is 2.16. The first-order valence-corrected chi connectivity index (χ1v) is 6.07. The van der Waals surface area contributed by atoms with Crippen LogP contribution in [0.5, 0.6) is 0 Å². The number of methoxy groups -OCH3 is 1. The number of benzene rings is 1. The lowest BCUT2D eigenvalue weighted by molar-refractivity contribution is 0.196. The van der Waals surface area contributed by atoms with Crippen LogP contribution in [-0.4, -0.2) is 32.3 Å². The zero-order valence-corrected chi connectivity index (χ0v) is 10.9. The van der Waals surface area contributed by atoms with Crippen molar-refractivity contribution in [3.05, 3.63) is 30.3 Å². The number of nitrogens with two attached hydrogens (primary N) is 1. The summed E-state index contributed by atoms with van der Waals surface area (Å²) in [5, 5.41) is 1.07. The second-order valence-corrected chi connectivity index (χ2v) is 4.39. The molecule has 0 spiro atoms. The lowest BCUT2D eigenvalue weighted by atomic mass is 10.2. The zero-order chi connectivity index (χ0) is 13.0. The average molecular weight is 245 g/mol. The molecule has 18 heavy (non-hydrogen) atoms. The molecule has 0 bridgehead atoms. The van der Waals surface area contributed by atoms with Crippen molar-refractivity contribution in [1.82, 2.24) is 4.98 Å². The van der Waals surface area contributed by atoms with E-state index in [1.165, 1.54) is 0 Å². The molecular formula is C14H19N3O. The summed E-state index contributed by atoms with van der Waals surface area (Å²) in [5.74, 6) is 0.975. The SMILES string of the molecule is COCCCN(C)c1ccc2cc(N)ccc2n1. The minimum Gasteiger partial charge on any atom is -0.399 e. The van der Waals surface area contributed by atoms with Gasteiger partial charge in [-0.3, -0.25) is 0 Å². The summed E-state index contributed by atoms with van der Waals surface area (Å²) in [6, 6.07) is 9.85. The number of nitrogen functional groups attached to an aromatic ring is 1. The van der Waals surface area contributed by atoms with Crippen molar-refractivity contribution in [1.29, 1.82) is 0 Å². The van der Waals surface area contributed by atoms with E-state index in [-0.39, 0.29) is 0 Å². The minimum absolute atomic E-state index is 0.769. The van der Waals surface area contributed by atoms with E-state index in [0.717, 1.165) is 42.0 Å². The summed E-state index contributed by atoms with van der Waals surface area (Å²) >= 11 is 0. The molecule has 0 saturated carbocycles. The maximum Gasteiger partial charge on any atom is 0.128 e. The summed E-state index contributed by atoms with van der Waals surface area (Å²) in [7, 11) is 3.76. The van der Waals surface area contributed by atoms with Gasteiger partial charge in [-0.1, -0.05) is 0 Å². The number of nitrogens with zero attached hydrogens (tertiary/aromatic N) is 2. The second-order valence-electron chi connectivity index (χ2n) is 4.39. The highest BCUT2D eigenvalue weighted by Gasteiger charge is 2.03. The van der Waals surface area contributed by atoms with Crippen LogP contribution in [0.3, 0.4) is 0 Å². The van der Waals surface area contributed by atoms with Crippen LogP contribution in [0.4, 0.5) is 11.5 Å². The van der Waals surface area contributed by atoms with E-state index in [1.54, 1.807) is 7.11 Å². The summed E-state index contributed by atoms with van der Waals surface area (Å²) in [4.78, 5) is 6.76. The van der Waals surface area contributed by atoms with Crippen LogP contribution < -0.4 is 10.6 Å². The Bertz CT molecular complexity index is 527. The fourth-order valence-corrected chi connectivity index (χ4v) is 1.91. The third-order valence-electron chi connectivity index (χ3n) is 2.93. The number of ether oxygens (including phenoxy) is 1. The highest BCUT2D eigenvalue weighted by molar-refractivity contribution is 5.83. The van der Waals surface area contributed by atoms with Gasteiger partial charge in [0.15, 0.2) is 0 Å². The van der Waals surface area contributed by atoms with Crippen molar-refractivity contribution in [2.45, 2.75) is 6.42 Å². The van der Waals surface area contributed by atoms with Gasteiger partial charge in [0.2, 0.25) is 0 Å². The third kappa shape index (κ3) is 2.90. The Labute approximate surface area is 107 Å². The fourth-order valence-electron chi connectivity index (χ4n) is 1.91. The molecule has 0 aliphatic rings. The van der Waals surface area contributed by atoms with Crippen LogP contribution in [0.15, 0.2) is 30.3 Å². The van der Waals surface area contributed by atoms with Gasteiger partial charge in [0.25, 0.3) is 0 Å². The molecule has 2 aromatic rings. The highest BCUT2D eigenvalue weighted by Crippen LogP contribution is 2.19. The van der Waals surface area contributed by atoms with E-state index < -0.39 is 0 Å². The molecule has 0 aliphatic heterocycles. The van der Waals surface area contributed by atoms with Crippen LogP contribution >= 0.6 is 0 Å². The summed E-state index contributed by atoms with van der Waals surface area (Å²) < 4.78 is 5.05. The van der Waals surface area contributed by atoms with Gasteiger partial charge in [-0.15, -0.1) is 0 Å². The first-order valence-electron chi connectivity index (χ1n) is 6.07. The Morgan fingerprint density at radius 1 is 1.28 bits per heavy atom. The van der Waals surface area contributed by atoms with Gasteiger partial charge in [0.05, 0.1) is 5.52 Å². The Morgan fingerprint density at radius 3 is 2.89 bits per heavy atom. The number of pyridine rings is 1. The van der Waals surface area contributed by atoms with Crippen LogP contribution in [0.2, 0.25) is 0 Å². The number of hydrogen-bond donors (Lipinski definition) is 1. The lowest BCUT2D eigenvalue weighted by Gasteiger charge is -2.18. The van der Waals surface area contributed by atoms with E-state index in [2.05, 4.69) is 16.0 Å². The van der Waals surface area contributed by atoms with E-state index >= 15 is 0 Å². The van der Waals surface area contributed by atoms with Crippen LogP contribution in [0.25, 0.3) is 10.9 Å². The molecule has 0 saturated heterocycles. The predicted molar refractivity (Wildman–Crippen MR) is 75.9 cm³/mol. The van der Waals surface area contributed by atoms with Crippen molar-refractivity contribution >= 4 is 22.4 Å². The molecule has 0 radical (unpaired) electrons. The number of aromatic nitrogens is 1. The number of rotatable bonds is 5. The van der Waals surface area contributed by atoms with Gasteiger partial charge in [-0.05, 0) is 36.8 Å². The normalized spacial score (nSPS) is 10.8.